The van der Waals surface area contributed by atoms with E-state index in [4.69, 9.17) is 4.74 Å². The highest BCUT2D eigenvalue weighted by Crippen LogP contribution is 2.36. The standard InChI is InChI=1S/C8H13NO2/c1-8(2)3-5-4-9-6(8)7(10)11-5/h5-6,9H,3-4H2,1-2H3. The normalized spacial score (nSPS) is 40.4. The van der Waals surface area contributed by atoms with Gasteiger partial charge >= 0.3 is 5.97 Å². The Balaban J connectivity index is 2.26. The van der Waals surface area contributed by atoms with Gasteiger partial charge in [-0.3, -0.25) is 4.79 Å². The summed E-state index contributed by atoms with van der Waals surface area (Å²) in [4.78, 5) is 11.2. The number of fused-ring (bicyclic) bond motifs is 3. The molecular weight excluding hydrogens is 142 g/mol. The number of nitrogens with one attached hydrogen (secondary N) is 1. The third-order valence-corrected chi connectivity index (χ3v) is 2.60. The summed E-state index contributed by atoms with van der Waals surface area (Å²) in [6.07, 6.45) is 1.11. The maximum absolute atomic E-state index is 11.2. The average Bonchev–Trinajstić information content (AvgIpc) is 1.83. The molecule has 3 aliphatic heterocycles. The third kappa shape index (κ3) is 0.948. The van der Waals surface area contributed by atoms with Crippen LogP contribution in [0.5, 0.6) is 0 Å². The summed E-state index contributed by atoms with van der Waals surface area (Å²) < 4.78 is 5.12. The van der Waals surface area contributed by atoms with Crippen molar-refractivity contribution in [1.82, 2.24) is 5.32 Å². The fourth-order valence-electron chi connectivity index (χ4n) is 2.02. The summed E-state index contributed by atoms with van der Waals surface area (Å²) in [5, 5.41) is 3.18. The molecule has 0 amide bonds. The predicted octanol–water partition coefficient (Wildman–Crippen LogP) is 0.300. The molecule has 0 radical (unpaired) electrons. The van der Waals surface area contributed by atoms with Crippen LogP contribution in [0.4, 0.5) is 0 Å². The Labute approximate surface area is 66.1 Å². The molecule has 0 saturated carbocycles. The van der Waals surface area contributed by atoms with Gasteiger partial charge in [-0.2, -0.15) is 0 Å². The monoisotopic (exact) mass is 155 g/mol. The van der Waals surface area contributed by atoms with Crippen molar-refractivity contribution < 1.29 is 9.53 Å². The molecule has 0 spiro atoms. The lowest BCUT2D eigenvalue weighted by Crippen LogP contribution is -2.63. The maximum atomic E-state index is 11.2. The van der Waals surface area contributed by atoms with Crippen LogP contribution >= 0.6 is 0 Å². The number of rotatable bonds is 0. The van der Waals surface area contributed by atoms with Crippen LogP contribution in [-0.2, 0) is 9.53 Å². The number of hydrogen-bond donors (Lipinski definition) is 1. The van der Waals surface area contributed by atoms with Crippen LogP contribution in [0, 0.1) is 5.41 Å². The molecule has 3 aliphatic rings. The Kier molecular flexibility index (Phi) is 1.27. The molecule has 3 saturated heterocycles. The Bertz CT molecular complexity index is 200. The maximum Gasteiger partial charge on any atom is 0.324 e. The van der Waals surface area contributed by atoms with Crippen molar-refractivity contribution in [3.05, 3.63) is 0 Å². The van der Waals surface area contributed by atoms with Crippen LogP contribution < -0.4 is 5.32 Å². The zero-order valence-corrected chi connectivity index (χ0v) is 6.89. The molecule has 2 unspecified atom stereocenters. The highest BCUT2D eigenvalue weighted by molar-refractivity contribution is 5.78. The van der Waals surface area contributed by atoms with Crippen molar-refractivity contribution in [3.8, 4) is 0 Å². The number of morpholine rings is 1. The van der Waals surface area contributed by atoms with Crippen molar-refractivity contribution in [2.75, 3.05) is 6.54 Å². The number of hydrogen-bond acceptors (Lipinski definition) is 3. The Morgan fingerprint density at radius 2 is 2.36 bits per heavy atom. The quantitative estimate of drug-likeness (QED) is 0.511. The molecule has 0 aromatic heterocycles. The van der Waals surface area contributed by atoms with E-state index >= 15 is 0 Å². The van der Waals surface area contributed by atoms with Crippen molar-refractivity contribution in [3.63, 3.8) is 0 Å². The highest BCUT2D eigenvalue weighted by atomic mass is 16.6. The lowest BCUT2D eigenvalue weighted by Gasteiger charge is -2.46. The topological polar surface area (TPSA) is 38.3 Å². The van der Waals surface area contributed by atoms with Crippen molar-refractivity contribution >= 4 is 5.97 Å². The fraction of sp³-hybridized carbons (Fsp3) is 0.875. The molecular formula is C8H13NO2. The van der Waals surface area contributed by atoms with Gasteiger partial charge in [-0.1, -0.05) is 13.8 Å². The van der Waals surface area contributed by atoms with Crippen LogP contribution in [0.15, 0.2) is 0 Å². The van der Waals surface area contributed by atoms with Crippen LogP contribution in [0.3, 0.4) is 0 Å². The van der Waals surface area contributed by atoms with Crippen LogP contribution in [0.1, 0.15) is 20.3 Å². The first-order valence-electron chi connectivity index (χ1n) is 4.03. The fourth-order valence-corrected chi connectivity index (χ4v) is 2.02. The summed E-state index contributed by atoms with van der Waals surface area (Å²) in [5.41, 5.74) is 0.0816. The third-order valence-electron chi connectivity index (χ3n) is 2.60. The molecule has 1 N–H and O–H groups in total. The summed E-state index contributed by atoms with van der Waals surface area (Å²) in [6.45, 7) is 5.05. The second-order valence-corrected chi connectivity index (χ2v) is 4.09. The summed E-state index contributed by atoms with van der Waals surface area (Å²) in [5.74, 6) is -0.0718. The molecule has 3 heteroatoms. The van der Waals surface area contributed by atoms with Gasteiger partial charge in [-0.25, -0.2) is 0 Å². The number of ether oxygens (including phenoxy) is 1. The van der Waals surface area contributed by atoms with Gasteiger partial charge in [-0.15, -0.1) is 0 Å². The van der Waals surface area contributed by atoms with Crippen LogP contribution in [0.2, 0.25) is 0 Å². The van der Waals surface area contributed by atoms with E-state index in [9.17, 15) is 4.79 Å². The molecule has 62 valence electrons. The molecule has 0 aliphatic carbocycles. The van der Waals surface area contributed by atoms with Crippen molar-refractivity contribution in [1.29, 1.82) is 0 Å². The molecule has 3 nitrogen and oxygen atoms in total. The number of esters is 1. The van der Waals surface area contributed by atoms with E-state index in [2.05, 4.69) is 19.2 Å². The summed E-state index contributed by atoms with van der Waals surface area (Å²) >= 11 is 0. The molecule has 11 heavy (non-hydrogen) atoms. The van der Waals surface area contributed by atoms with Gasteiger partial charge < -0.3 is 10.1 Å². The number of piperidine rings is 1. The minimum atomic E-state index is -0.0764. The predicted molar refractivity (Wildman–Crippen MR) is 40.1 cm³/mol. The van der Waals surface area contributed by atoms with E-state index in [1.54, 1.807) is 0 Å². The SMILES string of the molecule is CC1(C)CC2CNC1C(=O)O2. The zero-order valence-electron chi connectivity index (χ0n) is 6.89. The second-order valence-electron chi connectivity index (χ2n) is 4.09. The van der Waals surface area contributed by atoms with Gasteiger partial charge in [0, 0.05) is 6.54 Å². The Morgan fingerprint density at radius 3 is 2.73 bits per heavy atom. The van der Waals surface area contributed by atoms with Crippen LogP contribution in [0.25, 0.3) is 0 Å². The highest BCUT2D eigenvalue weighted by Gasteiger charge is 2.47. The van der Waals surface area contributed by atoms with E-state index in [1.807, 2.05) is 0 Å². The van der Waals surface area contributed by atoms with Gasteiger partial charge in [0.15, 0.2) is 0 Å². The molecule has 0 aromatic carbocycles. The van der Waals surface area contributed by atoms with Gasteiger partial charge in [0.05, 0.1) is 0 Å². The van der Waals surface area contributed by atoms with E-state index in [0.29, 0.717) is 0 Å². The molecule has 2 atom stereocenters. The molecule has 3 rings (SSSR count). The second kappa shape index (κ2) is 1.97. The number of carbonyl (C=O) groups is 1. The van der Waals surface area contributed by atoms with Gasteiger partial charge in [-0.05, 0) is 11.8 Å². The first kappa shape index (κ1) is 7.10. The Hall–Kier alpha value is -0.570. The number of carbonyl (C=O) groups excluding carboxylic acids is 1. The average molecular weight is 155 g/mol. The van der Waals surface area contributed by atoms with Crippen molar-refractivity contribution in [2.45, 2.75) is 32.4 Å². The molecule has 0 aromatic rings. The minimum Gasteiger partial charge on any atom is -0.460 e. The van der Waals surface area contributed by atoms with Gasteiger partial charge in [0.1, 0.15) is 12.1 Å². The molecule has 3 fully saturated rings. The van der Waals surface area contributed by atoms with Crippen molar-refractivity contribution in [2.24, 2.45) is 5.41 Å². The smallest absolute Gasteiger partial charge is 0.324 e. The molecule has 3 heterocycles. The van der Waals surface area contributed by atoms with E-state index < -0.39 is 0 Å². The van der Waals surface area contributed by atoms with E-state index in [1.165, 1.54) is 0 Å². The van der Waals surface area contributed by atoms with Gasteiger partial charge in [0.2, 0.25) is 0 Å². The van der Waals surface area contributed by atoms with E-state index in [0.717, 1.165) is 13.0 Å². The first-order chi connectivity index (χ1) is 5.09. The first-order valence-corrected chi connectivity index (χ1v) is 4.03. The largest absolute Gasteiger partial charge is 0.460 e. The van der Waals surface area contributed by atoms with E-state index in [-0.39, 0.29) is 23.5 Å². The zero-order chi connectivity index (χ0) is 8.06. The lowest BCUT2D eigenvalue weighted by atomic mass is 9.74. The summed E-state index contributed by atoms with van der Waals surface area (Å²) in [6, 6.07) is -0.0764. The molecule has 2 bridgehead atoms. The minimum absolute atomic E-state index is 0.0718. The Morgan fingerprint density at radius 1 is 1.64 bits per heavy atom. The summed E-state index contributed by atoms with van der Waals surface area (Å²) in [7, 11) is 0. The lowest BCUT2D eigenvalue weighted by molar-refractivity contribution is -0.173. The van der Waals surface area contributed by atoms with Gasteiger partial charge in [0.25, 0.3) is 0 Å². The van der Waals surface area contributed by atoms with Crippen LogP contribution in [-0.4, -0.2) is 24.7 Å².